The molecule has 2 aromatic carbocycles. The van der Waals surface area contributed by atoms with Gasteiger partial charge in [-0.25, -0.2) is 4.79 Å². The molecule has 1 unspecified atom stereocenters. The Balaban J connectivity index is 1.41. The number of imide groups is 1. The van der Waals surface area contributed by atoms with E-state index >= 15 is 0 Å². The smallest absolute Gasteiger partial charge is 0.319 e. The van der Waals surface area contributed by atoms with Gasteiger partial charge in [0.1, 0.15) is 6.04 Å². The van der Waals surface area contributed by atoms with Gasteiger partial charge in [-0.2, -0.15) is 0 Å². The topological polar surface area (TPSA) is 98.8 Å². The number of urea groups is 1. The zero-order valence-electron chi connectivity index (χ0n) is 19.4. The molecule has 9 heteroatoms. The number of likely N-dealkylation sites (tertiary alicyclic amines) is 1. The van der Waals surface area contributed by atoms with E-state index in [0.717, 1.165) is 16.7 Å². The Morgan fingerprint density at radius 1 is 1.15 bits per heavy atom. The molecule has 0 aliphatic carbocycles. The second-order valence-corrected chi connectivity index (χ2v) is 9.35. The van der Waals surface area contributed by atoms with E-state index < -0.39 is 6.04 Å². The molecular weight excluding hydrogens is 456 g/mol. The van der Waals surface area contributed by atoms with Crippen molar-refractivity contribution in [2.75, 3.05) is 5.32 Å². The fourth-order valence-corrected chi connectivity index (χ4v) is 4.56. The van der Waals surface area contributed by atoms with Gasteiger partial charge in [0.2, 0.25) is 5.91 Å². The quantitative estimate of drug-likeness (QED) is 0.632. The van der Waals surface area contributed by atoms with E-state index in [1.165, 1.54) is 4.90 Å². The summed E-state index contributed by atoms with van der Waals surface area (Å²) in [7, 11) is 0. The molecule has 5 amide bonds. The Bertz CT molecular complexity index is 1180. The van der Waals surface area contributed by atoms with Crippen LogP contribution in [-0.2, 0) is 22.7 Å². The first kappa shape index (κ1) is 23.8. The highest BCUT2D eigenvalue weighted by Crippen LogP contribution is 2.30. The first-order valence-corrected chi connectivity index (χ1v) is 11.6. The molecule has 0 saturated carbocycles. The van der Waals surface area contributed by atoms with Gasteiger partial charge in [0.25, 0.3) is 11.8 Å². The van der Waals surface area contributed by atoms with Gasteiger partial charge < -0.3 is 15.5 Å². The SMILES string of the molecule is Cc1ccc(NC(=O)NCc2ccc3c(c2)C(=O)N(C2CCC(=O)N(C(C)C)C2=O)C3)cc1Cl. The molecule has 2 aromatic rings. The fraction of sp³-hybridized carbons (Fsp3) is 0.360. The summed E-state index contributed by atoms with van der Waals surface area (Å²) < 4.78 is 0. The summed E-state index contributed by atoms with van der Waals surface area (Å²) in [5.41, 5.74) is 3.61. The third-order valence-electron chi connectivity index (χ3n) is 6.20. The van der Waals surface area contributed by atoms with Crippen molar-refractivity contribution in [3.63, 3.8) is 0 Å². The van der Waals surface area contributed by atoms with E-state index in [-0.39, 0.29) is 42.8 Å². The fourth-order valence-electron chi connectivity index (χ4n) is 4.38. The minimum atomic E-state index is -0.645. The number of rotatable bonds is 5. The summed E-state index contributed by atoms with van der Waals surface area (Å²) in [6, 6.07) is 9.44. The third-order valence-corrected chi connectivity index (χ3v) is 6.61. The van der Waals surface area contributed by atoms with Gasteiger partial charge in [0.15, 0.2) is 0 Å². The number of piperidine rings is 1. The Labute approximate surface area is 203 Å². The van der Waals surface area contributed by atoms with Crippen molar-refractivity contribution in [1.82, 2.24) is 15.1 Å². The lowest BCUT2D eigenvalue weighted by Gasteiger charge is -2.37. The van der Waals surface area contributed by atoms with Crippen LogP contribution in [0.15, 0.2) is 36.4 Å². The molecule has 178 valence electrons. The maximum Gasteiger partial charge on any atom is 0.319 e. The highest BCUT2D eigenvalue weighted by Gasteiger charge is 2.43. The van der Waals surface area contributed by atoms with Gasteiger partial charge in [-0.05, 0) is 62.1 Å². The van der Waals surface area contributed by atoms with Crippen LogP contribution in [0, 0.1) is 6.92 Å². The van der Waals surface area contributed by atoms with Crippen LogP contribution in [0.4, 0.5) is 10.5 Å². The van der Waals surface area contributed by atoms with Gasteiger partial charge in [-0.3, -0.25) is 19.3 Å². The molecule has 0 bridgehead atoms. The summed E-state index contributed by atoms with van der Waals surface area (Å²) in [6.07, 6.45) is 0.573. The van der Waals surface area contributed by atoms with Crippen molar-refractivity contribution in [2.24, 2.45) is 0 Å². The number of fused-ring (bicyclic) bond motifs is 1. The molecule has 0 radical (unpaired) electrons. The van der Waals surface area contributed by atoms with Crippen LogP contribution < -0.4 is 10.6 Å². The second-order valence-electron chi connectivity index (χ2n) is 8.95. The number of carbonyl (C=O) groups is 4. The predicted molar refractivity (Wildman–Crippen MR) is 128 cm³/mol. The average molecular weight is 483 g/mol. The van der Waals surface area contributed by atoms with Crippen molar-refractivity contribution < 1.29 is 19.2 Å². The Morgan fingerprint density at radius 2 is 1.91 bits per heavy atom. The predicted octanol–water partition coefficient (Wildman–Crippen LogP) is 3.85. The first-order valence-electron chi connectivity index (χ1n) is 11.3. The highest BCUT2D eigenvalue weighted by molar-refractivity contribution is 6.31. The molecule has 2 aliphatic heterocycles. The number of carbonyl (C=O) groups excluding carboxylic acids is 4. The molecule has 1 atom stereocenters. The van der Waals surface area contributed by atoms with E-state index in [4.69, 9.17) is 11.6 Å². The summed E-state index contributed by atoms with van der Waals surface area (Å²) in [5.74, 6) is -0.742. The van der Waals surface area contributed by atoms with Crippen molar-refractivity contribution in [3.05, 3.63) is 63.7 Å². The maximum atomic E-state index is 13.1. The van der Waals surface area contributed by atoms with Crippen molar-refractivity contribution in [3.8, 4) is 0 Å². The zero-order chi connectivity index (χ0) is 24.6. The van der Waals surface area contributed by atoms with E-state index in [9.17, 15) is 19.2 Å². The number of hydrogen-bond acceptors (Lipinski definition) is 4. The molecule has 2 N–H and O–H groups in total. The van der Waals surface area contributed by atoms with Gasteiger partial charge in [0, 0.05) is 41.8 Å². The summed E-state index contributed by atoms with van der Waals surface area (Å²) in [6.45, 7) is 6.02. The highest BCUT2D eigenvalue weighted by atomic mass is 35.5. The number of amides is 5. The van der Waals surface area contributed by atoms with E-state index in [2.05, 4.69) is 10.6 Å². The van der Waals surface area contributed by atoms with E-state index in [0.29, 0.717) is 29.2 Å². The Kier molecular flexibility index (Phi) is 6.61. The second kappa shape index (κ2) is 9.46. The summed E-state index contributed by atoms with van der Waals surface area (Å²) in [5, 5.41) is 6.08. The standard InChI is InChI=1S/C25H27ClN4O4/c1-14(2)30-22(31)9-8-21(24(30)33)29-13-17-6-5-16(10-19(17)23(29)32)12-27-25(34)28-18-7-4-15(3)20(26)11-18/h4-7,10-11,14,21H,8-9,12-13H2,1-3H3,(H2,27,28,34). The third kappa shape index (κ3) is 4.63. The number of nitrogens with one attached hydrogen (secondary N) is 2. The lowest BCUT2D eigenvalue weighted by Crippen LogP contribution is -2.56. The number of halogens is 1. The van der Waals surface area contributed by atoms with Crippen LogP contribution >= 0.6 is 11.6 Å². The molecule has 0 aromatic heterocycles. The van der Waals surface area contributed by atoms with E-state index in [1.54, 1.807) is 36.9 Å². The van der Waals surface area contributed by atoms with Crippen molar-refractivity contribution in [2.45, 2.75) is 58.8 Å². The molecule has 1 fully saturated rings. The molecular formula is C25H27ClN4O4. The molecule has 8 nitrogen and oxygen atoms in total. The van der Waals surface area contributed by atoms with Crippen LogP contribution in [0.5, 0.6) is 0 Å². The van der Waals surface area contributed by atoms with Crippen LogP contribution in [-0.4, -0.2) is 45.6 Å². The first-order chi connectivity index (χ1) is 16.2. The monoisotopic (exact) mass is 482 g/mol. The van der Waals surface area contributed by atoms with Crippen molar-refractivity contribution in [1.29, 1.82) is 0 Å². The molecule has 34 heavy (non-hydrogen) atoms. The summed E-state index contributed by atoms with van der Waals surface area (Å²) in [4.78, 5) is 53.4. The Hall–Kier alpha value is -3.39. The number of nitrogens with zero attached hydrogens (tertiary/aromatic N) is 2. The lowest BCUT2D eigenvalue weighted by molar-refractivity contribution is -0.154. The minimum absolute atomic E-state index is 0.194. The zero-order valence-corrected chi connectivity index (χ0v) is 20.1. The van der Waals surface area contributed by atoms with Crippen molar-refractivity contribution >= 4 is 41.0 Å². The van der Waals surface area contributed by atoms with Gasteiger partial charge >= 0.3 is 6.03 Å². The van der Waals surface area contributed by atoms with Crippen LogP contribution in [0.1, 0.15) is 53.7 Å². The van der Waals surface area contributed by atoms with Crippen LogP contribution in [0.3, 0.4) is 0 Å². The number of anilines is 1. The molecule has 0 spiro atoms. The Morgan fingerprint density at radius 3 is 2.62 bits per heavy atom. The maximum absolute atomic E-state index is 13.1. The normalized spacial score (nSPS) is 17.9. The number of aryl methyl sites for hydroxylation is 1. The molecule has 2 heterocycles. The number of hydrogen-bond donors (Lipinski definition) is 2. The molecule has 4 rings (SSSR count). The molecule has 2 aliphatic rings. The lowest BCUT2D eigenvalue weighted by atomic mass is 10.0. The van der Waals surface area contributed by atoms with Gasteiger partial charge in [-0.15, -0.1) is 0 Å². The van der Waals surface area contributed by atoms with Crippen LogP contribution in [0.25, 0.3) is 0 Å². The summed E-state index contributed by atoms with van der Waals surface area (Å²) >= 11 is 6.10. The van der Waals surface area contributed by atoms with E-state index in [1.807, 2.05) is 25.1 Å². The average Bonchev–Trinajstić information content (AvgIpc) is 3.10. The largest absolute Gasteiger partial charge is 0.334 e. The van der Waals surface area contributed by atoms with Crippen LogP contribution in [0.2, 0.25) is 5.02 Å². The van der Waals surface area contributed by atoms with Gasteiger partial charge in [-0.1, -0.05) is 29.8 Å². The van der Waals surface area contributed by atoms with Gasteiger partial charge in [0.05, 0.1) is 0 Å². The molecule has 1 saturated heterocycles. The number of benzene rings is 2. The minimum Gasteiger partial charge on any atom is -0.334 e.